The Morgan fingerprint density at radius 2 is 1.62 bits per heavy atom. The predicted molar refractivity (Wildman–Crippen MR) is 190 cm³/mol. The van der Waals surface area contributed by atoms with Crippen LogP contribution < -0.4 is 9.75 Å². The molecule has 1 aliphatic rings. The van der Waals surface area contributed by atoms with Crippen LogP contribution in [0.3, 0.4) is 0 Å². The van der Waals surface area contributed by atoms with Crippen LogP contribution in [0.4, 0.5) is 18.9 Å². The number of hydrazine groups is 1. The van der Waals surface area contributed by atoms with Crippen molar-refractivity contribution < 1.29 is 27.8 Å². The zero-order valence-electron chi connectivity index (χ0n) is 27.6. The fourth-order valence-electron chi connectivity index (χ4n) is 6.21. The normalized spacial score (nSPS) is 13.0. The number of nitrogens with zero attached hydrogens (tertiary/aromatic N) is 3. The Kier molecular flexibility index (Phi) is 10.7. The largest absolute Gasteiger partial charge is 0.489 e. The monoisotopic (exact) mass is 699 g/mol. The molecule has 0 saturated carbocycles. The molecular formula is C40H37ClF3N3O3. The molecule has 6 nitrogen and oxygen atoms in total. The van der Waals surface area contributed by atoms with Crippen molar-refractivity contribution in [1.82, 2.24) is 9.99 Å². The number of para-hydroxylation sites is 1. The number of halogens is 4. The minimum absolute atomic E-state index is 0.226. The second kappa shape index (κ2) is 15.4. The van der Waals surface area contributed by atoms with Crippen molar-refractivity contribution >= 4 is 23.3 Å². The van der Waals surface area contributed by atoms with Gasteiger partial charge in [-0.15, -0.1) is 0 Å². The lowest BCUT2D eigenvalue weighted by molar-refractivity contribution is -0.137. The molecule has 0 atom stereocenters. The summed E-state index contributed by atoms with van der Waals surface area (Å²) in [4.78, 5) is 16.2. The molecule has 1 N–H and O–H groups in total. The van der Waals surface area contributed by atoms with Gasteiger partial charge in [-0.3, -0.25) is 4.98 Å². The number of pyridine rings is 1. The predicted octanol–water partition coefficient (Wildman–Crippen LogP) is 9.46. The van der Waals surface area contributed by atoms with Crippen LogP contribution in [0.2, 0.25) is 5.02 Å². The van der Waals surface area contributed by atoms with Gasteiger partial charge in [-0.2, -0.15) is 13.2 Å². The van der Waals surface area contributed by atoms with Crippen LogP contribution in [0.1, 0.15) is 50.4 Å². The van der Waals surface area contributed by atoms with Gasteiger partial charge in [-0.1, -0.05) is 66.2 Å². The lowest BCUT2D eigenvalue weighted by atomic mass is 10.0. The number of aromatic carboxylic acids is 1. The van der Waals surface area contributed by atoms with Crippen molar-refractivity contribution in [3.05, 3.63) is 147 Å². The first-order valence-corrected chi connectivity index (χ1v) is 16.9. The molecule has 50 heavy (non-hydrogen) atoms. The maximum atomic E-state index is 13.0. The number of hydrogen-bond acceptors (Lipinski definition) is 5. The Hall–Kier alpha value is -4.86. The fourth-order valence-corrected chi connectivity index (χ4v) is 6.44. The van der Waals surface area contributed by atoms with Crippen molar-refractivity contribution in [2.24, 2.45) is 0 Å². The number of ether oxygens (including phenoxy) is 1. The summed E-state index contributed by atoms with van der Waals surface area (Å²) in [6.07, 6.45) is -1.02. The number of carboxylic acid groups (broad SMARTS) is 1. The van der Waals surface area contributed by atoms with E-state index in [9.17, 15) is 23.1 Å². The van der Waals surface area contributed by atoms with E-state index in [1.165, 1.54) is 12.1 Å². The summed E-state index contributed by atoms with van der Waals surface area (Å²) >= 11 is 6.63. The number of benzene rings is 4. The van der Waals surface area contributed by atoms with E-state index in [-0.39, 0.29) is 12.2 Å². The molecule has 0 bridgehead atoms. The minimum atomic E-state index is -4.39. The van der Waals surface area contributed by atoms with E-state index in [4.69, 9.17) is 21.3 Å². The maximum absolute atomic E-state index is 13.0. The molecule has 10 heteroatoms. The molecule has 2 heterocycles. The molecule has 1 aromatic heterocycles. The first-order valence-electron chi connectivity index (χ1n) is 16.5. The Balaban J connectivity index is 1.16. The van der Waals surface area contributed by atoms with Gasteiger partial charge in [0, 0.05) is 35.9 Å². The molecule has 0 unspecified atom stereocenters. The van der Waals surface area contributed by atoms with Gasteiger partial charge in [-0.25, -0.2) is 9.80 Å². The zero-order valence-corrected chi connectivity index (χ0v) is 28.3. The average molecular weight is 700 g/mol. The highest BCUT2D eigenvalue weighted by molar-refractivity contribution is 6.31. The first kappa shape index (κ1) is 35.0. The van der Waals surface area contributed by atoms with Gasteiger partial charge >= 0.3 is 12.1 Å². The molecule has 0 spiro atoms. The van der Waals surface area contributed by atoms with E-state index in [1.54, 1.807) is 18.2 Å². The zero-order chi connectivity index (χ0) is 35.3. The van der Waals surface area contributed by atoms with Gasteiger partial charge in [0.15, 0.2) is 0 Å². The third kappa shape index (κ3) is 8.46. The molecular weight excluding hydrogens is 663 g/mol. The quantitative estimate of drug-likeness (QED) is 0.140. The third-order valence-electron chi connectivity index (χ3n) is 8.95. The topological polar surface area (TPSA) is 65.9 Å². The average Bonchev–Trinajstić information content (AvgIpc) is 3.11. The summed E-state index contributed by atoms with van der Waals surface area (Å²) in [5.74, 6) is -0.194. The molecule has 258 valence electrons. The van der Waals surface area contributed by atoms with Crippen LogP contribution in [0.5, 0.6) is 5.75 Å². The van der Waals surface area contributed by atoms with Crippen LogP contribution in [0, 0.1) is 6.92 Å². The summed E-state index contributed by atoms with van der Waals surface area (Å²) in [6, 6.07) is 29.6. The maximum Gasteiger partial charge on any atom is 0.416 e. The standard InChI is InChI=1S/C40H37ClF3N3O3/c1-27-8-19-37-36(45-27)6-4-22-47(37)46(23-20-28-9-11-31(12-10-28)39(48)49)24-21-30-5-2-3-7-38(30)50-26-33-14-13-32(25-35(33)41)29-15-17-34(18-16-29)40(42,43)44/h2-3,5,7-19,25H,4,6,20-24,26H2,1H3,(H,48,49). The van der Waals surface area contributed by atoms with Gasteiger partial charge in [0.25, 0.3) is 0 Å². The number of anilines is 1. The van der Waals surface area contributed by atoms with E-state index < -0.39 is 17.7 Å². The summed E-state index contributed by atoms with van der Waals surface area (Å²) in [6.45, 7) is 4.54. The van der Waals surface area contributed by atoms with Crippen LogP contribution in [0.15, 0.2) is 103 Å². The molecule has 0 radical (unpaired) electrons. The molecule has 6 rings (SSSR count). The highest BCUT2D eigenvalue weighted by Crippen LogP contribution is 2.33. The Bertz CT molecular complexity index is 1950. The molecule has 4 aromatic carbocycles. The van der Waals surface area contributed by atoms with Crippen molar-refractivity contribution in [3.8, 4) is 16.9 Å². The second-order valence-electron chi connectivity index (χ2n) is 12.4. The molecule has 1 aliphatic heterocycles. The summed E-state index contributed by atoms with van der Waals surface area (Å²) < 4.78 is 45.3. The SMILES string of the molecule is Cc1ccc2c(n1)CCCN2N(CCc1ccc(C(=O)O)cc1)CCc1ccccc1OCc1ccc(-c2ccc(C(F)(F)F)cc2)cc1Cl. The Morgan fingerprint density at radius 1 is 0.900 bits per heavy atom. The Labute approximate surface area is 294 Å². The molecule has 0 aliphatic carbocycles. The highest BCUT2D eigenvalue weighted by atomic mass is 35.5. The van der Waals surface area contributed by atoms with Crippen LogP contribution in [-0.2, 0) is 32.0 Å². The number of rotatable bonds is 12. The number of carboxylic acids is 1. The lowest BCUT2D eigenvalue weighted by Crippen LogP contribution is -2.47. The molecule has 0 saturated heterocycles. The Morgan fingerprint density at radius 3 is 2.34 bits per heavy atom. The number of hydrogen-bond donors (Lipinski definition) is 1. The lowest BCUT2D eigenvalue weighted by Gasteiger charge is -2.40. The number of aryl methyl sites for hydroxylation is 2. The summed E-state index contributed by atoms with van der Waals surface area (Å²) in [7, 11) is 0. The van der Waals surface area contributed by atoms with Crippen molar-refractivity contribution in [2.75, 3.05) is 24.6 Å². The van der Waals surface area contributed by atoms with Gasteiger partial charge in [0.1, 0.15) is 12.4 Å². The smallest absolute Gasteiger partial charge is 0.416 e. The second-order valence-corrected chi connectivity index (χ2v) is 12.8. The van der Waals surface area contributed by atoms with E-state index in [0.717, 1.165) is 89.6 Å². The van der Waals surface area contributed by atoms with Crippen molar-refractivity contribution in [3.63, 3.8) is 0 Å². The summed E-state index contributed by atoms with van der Waals surface area (Å²) in [5, 5.41) is 14.5. The number of alkyl halides is 3. The first-order chi connectivity index (χ1) is 24.0. The van der Waals surface area contributed by atoms with E-state index in [0.29, 0.717) is 23.6 Å². The molecule has 0 fully saturated rings. The van der Waals surface area contributed by atoms with Crippen LogP contribution >= 0.6 is 11.6 Å². The molecule has 0 amide bonds. The van der Waals surface area contributed by atoms with E-state index in [1.807, 2.05) is 55.5 Å². The number of carbonyl (C=O) groups is 1. The van der Waals surface area contributed by atoms with Gasteiger partial charge in [0.05, 0.1) is 22.5 Å². The van der Waals surface area contributed by atoms with Gasteiger partial charge < -0.3 is 14.9 Å². The van der Waals surface area contributed by atoms with Crippen molar-refractivity contribution in [2.45, 2.75) is 45.4 Å². The third-order valence-corrected chi connectivity index (χ3v) is 9.30. The number of aromatic nitrogens is 1. The van der Waals surface area contributed by atoms with E-state index in [2.05, 4.69) is 22.2 Å². The van der Waals surface area contributed by atoms with Crippen LogP contribution in [-0.4, -0.2) is 40.7 Å². The van der Waals surface area contributed by atoms with Crippen molar-refractivity contribution in [1.29, 1.82) is 0 Å². The fraction of sp³-hybridized carbons (Fsp3) is 0.250. The highest BCUT2D eigenvalue weighted by Gasteiger charge is 2.30. The van der Waals surface area contributed by atoms with Gasteiger partial charge in [-0.05, 0) is 103 Å². The summed E-state index contributed by atoms with van der Waals surface area (Å²) in [5.41, 5.74) is 7.00. The minimum Gasteiger partial charge on any atom is -0.489 e. The van der Waals surface area contributed by atoms with Crippen LogP contribution in [0.25, 0.3) is 11.1 Å². The van der Waals surface area contributed by atoms with E-state index >= 15 is 0 Å². The molecule has 5 aromatic rings. The van der Waals surface area contributed by atoms with Gasteiger partial charge in [0.2, 0.25) is 0 Å². The number of fused-ring (bicyclic) bond motifs is 1.